The molecule has 0 aliphatic heterocycles. The van der Waals surface area contributed by atoms with Crippen molar-refractivity contribution in [1.29, 1.82) is 5.26 Å². The Kier molecular flexibility index (Phi) is 3.40. The van der Waals surface area contributed by atoms with Crippen LogP contribution in [0.25, 0.3) is 0 Å². The first-order chi connectivity index (χ1) is 6.67. The Balaban J connectivity index is 3.02. The maximum atomic E-state index is 8.81. The van der Waals surface area contributed by atoms with Gasteiger partial charge in [0, 0.05) is 5.02 Å². The molecule has 0 aliphatic carbocycles. The quantitative estimate of drug-likeness (QED) is 0.752. The summed E-state index contributed by atoms with van der Waals surface area (Å²) in [6.45, 7) is 1.84. The standard InChI is InChI=1S/C11H9ClN2/c1-3-8(2)14-11-6-10(12)5-4-9(11)7-13/h1,4-6,8,14H,2H3. The molecule has 0 fully saturated rings. The zero-order valence-electron chi connectivity index (χ0n) is 7.71. The molecule has 0 saturated heterocycles. The van der Waals surface area contributed by atoms with E-state index < -0.39 is 0 Å². The van der Waals surface area contributed by atoms with Crippen LogP contribution in [-0.2, 0) is 0 Å². The molecule has 3 heteroatoms. The van der Waals surface area contributed by atoms with E-state index >= 15 is 0 Å². The summed E-state index contributed by atoms with van der Waals surface area (Å²) in [6, 6.07) is 6.96. The van der Waals surface area contributed by atoms with Crippen molar-refractivity contribution < 1.29 is 0 Å². The van der Waals surface area contributed by atoms with Gasteiger partial charge in [0.05, 0.1) is 17.3 Å². The Hall–Kier alpha value is -1.64. The van der Waals surface area contributed by atoms with Crippen LogP contribution >= 0.6 is 11.6 Å². The lowest BCUT2D eigenvalue weighted by Gasteiger charge is -2.10. The Labute approximate surface area is 88.5 Å². The number of nitriles is 1. The van der Waals surface area contributed by atoms with Gasteiger partial charge in [-0.2, -0.15) is 5.26 Å². The summed E-state index contributed by atoms with van der Waals surface area (Å²) >= 11 is 5.80. The van der Waals surface area contributed by atoms with Crippen molar-refractivity contribution in [2.45, 2.75) is 13.0 Å². The second-order valence-corrected chi connectivity index (χ2v) is 3.27. The van der Waals surface area contributed by atoms with Crippen LogP contribution in [0.2, 0.25) is 5.02 Å². The van der Waals surface area contributed by atoms with Crippen LogP contribution in [0.15, 0.2) is 18.2 Å². The number of hydrogen-bond acceptors (Lipinski definition) is 2. The minimum absolute atomic E-state index is 0.124. The number of halogens is 1. The van der Waals surface area contributed by atoms with Gasteiger partial charge in [0.2, 0.25) is 0 Å². The van der Waals surface area contributed by atoms with E-state index in [1.165, 1.54) is 0 Å². The molecule has 0 saturated carbocycles. The zero-order chi connectivity index (χ0) is 10.6. The molecule has 0 heterocycles. The van der Waals surface area contributed by atoms with E-state index in [9.17, 15) is 0 Å². The van der Waals surface area contributed by atoms with Crippen LogP contribution < -0.4 is 5.32 Å². The lowest BCUT2D eigenvalue weighted by molar-refractivity contribution is 1.03. The van der Waals surface area contributed by atoms with Gasteiger partial charge in [-0.3, -0.25) is 0 Å². The molecule has 0 bridgehead atoms. The molecule has 0 amide bonds. The summed E-state index contributed by atoms with van der Waals surface area (Å²) in [5.41, 5.74) is 1.21. The molecule has 0 aromatic heterocycles. The van der Waals surface area contributed by atoms with Crippen molar-refractivity contribution in [3.8, 4) is 18.4 Å². The molecule has 14 heavy (non-hydrogen) atoms. The Morgan fingerprint density at radius 2 is 2.29 bits per heavy atom. The molecule has 70 valence electrons. The number of terminal acetylenes is 1. The average Bonchev–Trinajstić information content (AvgIpc) is 2.18. The number of hydrogen-bond donors (Lipinski definition) is 1. The van der Waals surface area contributed by atoms with Gasteiger partial charge in [0.1, 0.15) is 6.07 Å². The maximum Gasteiger partial charge on any atom is 0.101 e. The minimum atomic E-state index is -0.124. The van der Waals surface area contributed by atoms with Crippen molar-refractivity contribution in [2.24, 2.45) is 0 Å². The third kappa shape index (κ3) is 2.42. The smallest absolute Gasteiger partial charge is 0.101 e. The summed E-state index contributed by atoms with van der Waals surface area (Å²) in [5.74, 6) is 2.52. The molecule has 2 nitrogen and oxygen atoms in total. The Bertz CT molecular complexity index is 412. The number of nitrogens with zero attached hydrogens (tertiary/aromatic N) is 1. The lowest BCUT2D eigenvalue weighted by Crippen LogP contribution is -2.12. The first-order valence-corrected chi connectivity index (χ1v) is 4.47. The predicted molar refractivity (Wildman–Crippen MR) is 58.1 cm³/mol. The topological polar surface area (TPSA) is 35.8 Å². The molecule has 1 aromatic carbocycles. The SMILES string of the molecule is C#CC(C)Nc1cc(Cl)ccc1C#N. The molecule has 1 unspecified atom stereocenters. The Morgan fingerprint density at radius 1 is 1.57 bits per heavy atom. The highest BCUT2D eigenvalue weighted by Crippen LogP contribution is 2.20. The van der Waals surface area contributed by atoms with Crippen LogP contribution in [-0.4, -0.2) is 6.04 Å². The summed E-state index contributed by atoms with van der Waals surface area (Å²) < 4.78 is 0. The monoisotopic (exact) mass is 204 g/mol. The summed E-state index contributed by atoms with van der Waals surface area (Å²) in [5, 5.41) is 12.4. The van der Waals surface area contributed by atoms with Gasteiger partial charge in [0.25, 0.3) is 0 Å². The van der Waals surface area contributed by atoms with Gasteiger partial charge >= 0.3 is 0 Å². The fourth-order valence-corrected chi connectivity index (χ4v) is 1.18. The summed E-state index contributed by atoms with van der Waals surface area (Å²) in [7, 11) is 0. The van der Waals surface area contributed by atoms with E-state index in [1.807, 2.05) is 6.92 Å². The van der Waals surface area contributed by atoms with Crippen LogP contribution in [0.3, 0.4) is 0 Å². The van der Waals surface area contributed by atoms with E-state index in [0.717, 1.165) is 0 Å². The van der Waals surface area contributed by atoms with Gasteiger partial charge in [-0.25, -0.2) is 0 Å². The van der Waals surface area contributed by atoms with E-state index in [4.69, 9.17) is 23.3 Å². The van der Waals surface area contributed by atoms with Crippen LogP contribution in [0.1, 0.15) is 12.5 Å². The number of nitrogens with one attached hydrogen (secondary N) is 1. The van der Waals surface area contributed by atoms with Crippen molar-refractivity contribution in [1.82, 2.24) is 0 Å². The van der Waals surface area contributed by atoms with E-state index in [1.54, 1.807) is 18.2 Å². The van der Waals surface area contributed by atoms with Crippen molar-refractivity contribution >= 4 is 17.3 Å². The van der Waals surface area contributed by atoms with Crippen LogP contribution in [0.5, 0.6) is 0 Å². The van der Waals surface area contributed by atoms with Crippen LogP contribution in [0.4, 0.5) is 5.69 Å². The largest absolute Gasteiger partial charge is 0.371 e. The fourth-order valence-electron chi connectivity index (χ4n) is 1.01. The first kappa shape index (κ1) is 10.4. The second kappa shape index (κ2) is 4.56. The second-order valence-electron chi connectivity index (χ2n) is 2.83. The molecule has 1 N–H and O–H groups in total. The highest BCUT2D eigenvalue weighted by Gasteiger charge is 2.04. The van der Waals surface area contributed by atoms with Gasteiger partial charge in [-0.1, -0.05) is 17.5 Å². The molecule has 0 radical (unpaired) electrons. The molecular weight excluding hydrogens is 196 g/mol. The predicted octanol–water partition coefficient (Wildman–Crippen LogP) is 2.65. The van der Waals surface area contributed by atoms with E-state index in [0.29, 0.717) is 16.3 Å². The van der Waals surface area contributed by atoms with Crippen LogP contribution in [0, 0.1) is 23.7 Å². The van der Waals surface area contributed by atoms with Gasteiger partial charge in [-0.15, -0.1) is 6.42 Å². The molecule has 1 rings (SSSR count). The summed E-state index contributed by atoms with van der Waals surface area (Å²) in [4.78, 5) is 0. The minimum Gasteiger partial charge on any atom is -0.371 e. The highest BCUT2D eigenvalue weighted by atomic mass is 35.5. The molecule has 0 aliphatic rings. The maximum absolute atomic E-state index is 8.81. The average molecular weight is 205 g/mol. The van der Waals surface area contributed by atoms with Gasteiger partial charge in [-0.05, 0) is 25.1 Å². The van der Waals surface area contributed by atoms with Crippen molar-refractivity contribution in [3.63, 3.8) is 0 Å². The lowest BCUT2D eigenvalue weighted by atomic mass is 10.2. The Morgan fingerprint density at radius 3 is 2.86 bits per heavy atom. The van der Waals surface area contributed by atoms with Crippen molar-refractivity contribution in [3.05, 3.63) is 28.8 Å². The van der Waals surface area contributed by atoms with Crippen molar-refractivity contribution in [2.75, 3.05) is 5.32 Å². The third-order valence-corrected chi connectivity index (χ3v) is 1.96. The normalized spacial score (nSPS) is 11.1. The zero-order valence-corrected chi connectivity index (χ0v) is 8.47. The molecule has 0 spiro atoms. The van der Waals surface area contributed by atoms with E-state index in [2.05, 4.69) is 17.3 Å². The van der Waals surface area contributed by atoms with E-state index in [-0.39, 0.29) is 6.04 Å². The number of anilines is 1. The first-order valence-electron chi connectivity index (χ1n) is 4.09. The number of rotatable bonds is 2. The number of benzene rings is 1. The fraction of sp³-hybridized carbons (Fsp3) is 0.182. The molecule has 1 atom stereocenters. The van der Waals surface area contributed by atoms with Gasteiger partial charge < -0.3 is 5.32 Å². The molecule has 1 aromatic rings. The molecular formula is C11H9ClN2. The van der Waals surface area contributed by atoms with Gasteiger partial charge in [0.15, 0.2) is 0 Å². The highest BCUT2D eigenvalue weighted by molar-refractivity contribution is 6.30. The summed E-state index contributed by atoms with van der Waals surface area (Å²) in [6.07, 6.45) is 5.22. The third-order valence-electron chi connectivity index (χ3n) is 1.72.